The number of rotatable bonds is 4. The molecule has 0 spiro atoms. The summed E-state index contributed by atoms with van der Waals surface area (Å²) in [4.78, 5) is 23.7. The third-order valence-corrected chi connectivity index (χ3v) is 7.70. The molecular weight excluding hydrogens is 450 g/mol. The van der Waals surface area contributed by atoms with E-state index in [1.807, 2.05) is 47.4 Å². The molecule has 2 aliphatic heterocycles. The Morgan fingerprint density at radius 3 is 2.94 bits per heavy atom. The Bertz CT molecular complexity index is 1330. The number of β-amino-alcohol motifs (C(OH)–C–C–N with tert-alkyl or cyclic N) is 1. The van der Waals surface area contributed by atoms with Crippen LogP contribution in [0, 0.1) is 0 Å². The summed E-state index contributed by atoms with van der Waals surface area (Å²) < 4.78 is 3.03. The van der Waals surface area contributed by atoms with Gasteiger partial charge < -0.3 is 21.1 Å². The van der Waals surface area contributed by atoms with E-state index in [0.717, 1.165) is 31.9 Å². The number of nitrogens with two attached hydrogens (primary N) is 1. The largest absolute Gasteiger partial charge is 0.391 e. The lowest BCUT2D eigenvalue weighted by Crippen LogP contribution is -2.42. The molecule has 5 heterocycles. The summed E-state index contributed by atoms with van der Waals surface area (Å²) in [5.74, 6) is 0.512. The predicted octanol–water partition coefficient (Wildman–Crippen LogP) is 2.30. The second-order valence-corrected chi connectivity index (χ2v) is 9.96. The van der Waals surface area contributed by atoms with Crippen molar-refractivity contribution in [1.29, 1.82) is 0 Å². The number of nitrogens with zero attached hydrogens (tertiary/aromatic N) is 5. The number of nitrogens with one attached hydrogen (secondary N) is 1. The number of aliphatic hydroxyl groups is 1. The van der Waals surface area contributed by atoms with Gasteiger partial charge in [0.15, 0.2) is 0 Å². The highest BCUT2D eigenvalue weighted by atomic mass is 32.1. The van der Waals surface area contributed by atoms with E-state index in [9.17, 15) is 9.90 Å². The molecule has 2 fully saturated rings. The van der Waals surface area contributed by atoms with Gasteiger partial charge in [-0.1, -0.05) is 12.1 Å². The second-order valence-electron chi connectivity index (χ2n) is 8.93. The van der Waals surface area contributed by atoms with Crippen LogP contribution >= 0.6 is 11.3 Å². The fourth-order valence-corrected chi connectivity index (χ4v) is 5.74. The number of thiazole rings is 1. The number of aromatic nitrogens is 4. The standard InChI is InChI=1S/C24H25N7O2S/c25-22-18(23-29-19-3-1-2-4-21(19)34-23)7-14(9-27-22)15-10-28-31(12-15)16-8-20(26-11-16)24(33)30-6-5-17(32)13-30/h1-4,7,9-10,12,16-17,20,26,32H,5-6,8,11,13H2,(H2,25,27)/t16-,17?,20+/m0/s1. The van der Waals surface area contributed by atoms with Gasteiger partial charge in [-0.3, -0.25) is 9.48 Å². The van der Waals surface area contributed by atoms with Crippen molar-refractivity contribution in [3.63, 3.8) is 0 Å². The van der Waals surface area contributed by atoms with E-state index in [2.05, 4.69) is 15.4 Å². The van der Waals surface area contributed by atoms with Crippen molar-refractivity contribution in [2.75, 3.05) is 25.4 Å². The molecule has 3 aromatic heterocycles. The summed E-state index contributed by atoms with van der Waals surface area (Å²) in [6.45, 7) is 1.72. The molecule has 2 aliphatic rings. The molecule has 0 saturated carbocycles. The lowest BCUT2D eigenvalue weighted by atomic mass is 10.1. The number of benzene rings is 1. The molecule has 1 amide bonds. The average molecular weight is 476 g/mol. The number of fused-ring (bicyclic) bond motifs is 1. The highest BCUT2D eigenvalue weighted by Crippen LogP contribution is 2.35. The van der Waals surface area contributed by atoms with Crippen LogP contribution in [0.25, 0.3) is 31.9 Å². The monoisotopic (exact) mass is 475 g/mol. The van der Waals surface area contributed by atoms with Crippen LogP contribution in [-0.2, 0) is 4.79 Å². The van der Waals surface area contributed by atoms with E-state index >= 15 is 0 Å². The smallest absolute Gasteiger partial charge is 0.239 e. The van der Waals surface area contributed by atoms with Gasteiger partial charge in [0.1, 0.15) is 10.8 Å². The minimum Gasteiger partial charge on any atom is -0.391 e. The second kappa shape index (κ2) is 8.46. The maximum Gasteiger partial charge on any atom is 0.239 e. The highest BCUT2D eigenvalue weighted by molar-refractivity contribution is 7.21. The summed E-state index contributed by atoms with van der Waals surface area (Å²) in [6.07, 6.45) is 6.49. The lowest BCUT2D eigenvalue weighted by Gasteiger charge is -2.20. The minimum atomic E-state index is -0.406. The van der Waals surface area contributed by atoms with Crippen molar-refractivity contribution in [3.05, 3.63) is 48.9 Å². The minimum absolute atomic E-state index is 0.0645. The molecule has 0 bridgehead atoms. The van der Waals surface area contributed by atoms with Crippen LogP contribution < -0.4 is 11.1 Å². The van der Waals surface area contributed by atoms with Crippen molar-refractivity contribution < 1.29 is 9.90 Å². The third-order valence-electron chi connectivity index (χ3n) is 6.63. The van der Waals surface area contributed by atoms with Gasteiger partial charge >= 0.3 is 0 Å². The number of hydrogen-bond acceptors (Lipinski definition) is 8. The first-order valence-electron chi connectivity index (χ1n) is 11.4. The van der Waals surface area contributed by atoms with Gasteiger partial charge in [0.2, 0.25) is 5.91 Å². The van der Waals surface area contributed by atoms with Crippen LogP contribution in [0.3, 0.4) is 0 Å². The van der Waals surface area contributed by atoms with Crippen molar-refractivity contribution in [1.82, 2.24) is 30.0 Å². The molecule has 0 radical (unpaired) electrons. The Labute approximate surface area is 200 Å². The molecule has 4 N–H and O–H groups in total. The number of amides is 1. The van der Waals surface area contributed by atoms with E-state index in [-0.39, 0.29) is 18.0 Å². The summed E-state index contributed by atoms with van der Waals surface area (Å²) >= 11 is 1.60. The number of para-hydroxylation sites is 1. The number of carbonyl (C=O) groups excluding carboxylic acids is 1. The number of nitrogen functional groups attached to an aromatic ring is 1. The van der Waals surface area contributed by atoms with E-state index in [1.54, 1.807) is 22.4 Å². The Balaban J connectivity index is 1.21. The van der Waals surface area contributed by atoms with Gasteiger partial charge in [-0.25, -0.2) is 9.97 Å². The zero-order chi connectivity index (χ0) is 23.2. The molecule has 4 aromatic rings. The van der Waals surface area contributed by atoms with Crippen molar-refractivity contribution >= 4 is 33.3 Å². The summed E-state index contributed by atoms with van der Waals surface area (Å²) in [7, 11) is 0. The fourth-order valence-electron chi connectivity index (χ4n) is 4.75. The third kappa shape index (κ3) is 3.83. The Morgan fingerprint density at radius 1 is 1.24 bits per heavy atom. The van der Waals surface area contributed by atoms with E-state index in [4.69, 9.17) is 10.7 Å². The number of pyridine rings is 1. The number of aliphatic hydroxyl groups excluding tert-OH is 1. The Kier molecular flexibility index (Phi) is 5.28. The quantitative estimate of drug-likeness (QED) is 0.414. The SMILES string of the molecule is Nc1ncc(-c2cnn([C@@H]3CN[C@@H](C(=O)N4CCC(O)C4)C3)c2)cc1-c1nc2ccccc2s1. The summed E-state index contributed by atoms with van der Waals surface area (Å²) in [5, 5.41) is 18.5. The molecule has 34 heavy (non-hydrogen) atoms. The summed E-state index contributed by atoms with van der Waals surface area (Å²) in [6, 6.07) is 9.87. The molecule has 9 nitrogen and oxygen atoms in total. The topological polar surface area (TPSA) is 122 Å². The Morgan fingerprint density at radius 2 is 2.12 bits per heavy atom. The number of hydrogen-bond donors (Lipinski definition) is 3. The van der Waals surface area contributed by atoms with Crippen LogP contribution in [0.4, 0.5) is 5.82 Å². The molecule has 1 unspecified atom stereocenters. The van der Waals surface area contributed by atoms with Gasteiger partial charge in [-0.2, -0.15) is 5.10 Å². The molecule has 0 aliphatic carbocycles. The average Bonchev–Trinajstić information content (AvgIpc) is 3.64. The zero-order valence-corrected chi connectivity index (χ0v) is 19.3. The first kappa shape index (κ1) is 21.2. The Hall–Kier alpha value is -3.34. The molecule has 2 saturated heterocycles. The maximum absolute atomic E-state index is 12.8. The lowest BCUT2D eigenvalue weighted by molar-refractivity contribution is -0.132. The number of anilines is 1. The van der Waals surface area contributed by atoms with Crippen molar-refractivity contribution in [2.24, 2.45) is 0 Å². The molecule has 10 heteroatoms. The molecule has 1 aromatic carbocycles. The van der Waals surface area contributed by atoms with Gasteiger partial charge in [0, 0.05) is 43.2 Å². The normalized spacial score (nSPS) is 22.6. The van der Waals surface area contributed by atoms with Crippen LogP contribution in [-0.4, -0.2) is 67.4 Å². The first-order chi connectivity index (χ1) is 16.5. The van der Waals surface area contributed by atoms with E-state index < -0.39 is 6.10 Å². The van der Waals surface area contributed by atoms with Crippen LogP contribution in [0.15, 0.2) is 48.9 Å². The predicted molar refractivity (Wildman–Crippen MR) is 131 cm³/mol. The first-order valence-corrected chi connectivity index (χ1v) is 12.2. The van der Waals surface area contributed by atoms with Crippen LogP contribution in [0.1, 0.15) is 18.9 Å². The number of likely N-dealkylation sites (tertiary alicyclic amines) is 1. The number of carbonyl (C=O) groups is 1. The molecule has 6 rings (SSSR count). The highest BCUT2D eigenvalue weighted by Gasteiger charge is 2.35. The molecular formula is C24H25N7O2S. The van der Waals surface area contributed by atoms with Crippen molar-refractivity contribution in [2.45, 2.75) is 31.0 Å². The van der Waals surface area contributed by atoms with Crippen LogP contribution in [0.5, 0.6) is 0 Å². The van der Waals surface area contributed by atoms with Gasteiger partial charge in [0.05, 0.1) is 40.2 Å². The maximum atomic E-state index is 12.8. The van der Waals surface area contributed by atoms with Crippen molar-refractivity contribution in [3.8, 4) is 21.7 Å². The molecule has 3 atom stereocenters. The van der Waals surface area contributed by atoms with E-state index in [0.29, 0.717) is 38.3 Å². The summed E-state index contributed by atoms with van der Waals surface area (Å²) in [5.41, 5.74) is 9.82. The van der Waals surface area contributed by atoms with Gasteiger partial charge in [-0.15, -0.1) is 11.3 Å². The fraction of sp³-hybridized carbons (Fsp3) is 0.333. The van der Waals surface area contributed by atoms with Gasteiger partial charge in [0.25, 0.3) is 0 Å². The zero-order valence-electron chi connectivity index (χ0n) is 18.5. The molecule has 174 valence electrons. The van der Waals surface area contributed by atoms with Gasteiger partial charge in [-0.05, 0) is 31.0 Å². The van der Waals surface area contributed by atoms with E-state index in [1.165, 1.54) is 0 Å². The van der Waals surface area contributed by atoms with Crippen LogP contribution in [0.2, 0.25) is 0 Å².